The lowest BCUT2D eigenvalue weighted by Crippen LogP contribution is -2.13. The predicted octanol–water partition coefficient (Wildman–Crippen LogP) is 3.03. The van der Waals surface area contributed by atoms with Gasteiger partial charge in [0.1, 0.15) is 17.3 Å². The predicted molar refractivity (Wildman–Crippen MR) is 96.2 cm³/mol. The van der Waals surface area contributed by atoms with Gasteiger partial charge >= 0.3 is 0 Å². The minimum absolute atomic E-state index is 0.172. The van der Waals surface area contributed by atoms with Gasteiger partial charge in [-0.3, -0.25) is 0 Å². The van der Waals surface area contributed by atoms with Crippen LogP contribution in [0.4, 0.5) is 4.39 Å². The molecule has 9 heteroatoms. The number of tetrazole rings is 1. The summed E-state index contributed by atoms with van der Waals surface area (Å²) in [6.45, 7) is 1.05. The van der Waals surface area contributed by atoms with Crippen molar-refractivity contribution >= 4 is 11.8 Å². The van der Waals surface area contributed by atoms with Crippen LogP contribution in [0.1, 0.15) is 16.7 Å². The maximum atomic E-state index is 13.9. The molecule has 0 amide bonds. The Morgan fingerprint density at radius 3 is 2.93 bits per heavy atom. The number of rotatable bonds is 6. The molecule has 3 aromatic rings. The third-order valence-electron chi connectivity index (χ3n) is 4.10. The molecule has 0 spiro atoms. The Kier molecular flexibility index (Phi) is 5.21. The molecule has 4 rings (SSSR count). The molecule has 0 atom stereocenters. The molecule has 0 unspecified atom stereocenters. The molecule has 0 radical (unpaired) electrons. The first-order chi connectivity index (χ1) is 13.2. The molecule has 0 N–H and O–H groups in total. The average molecular weight is 388 g/mol. The fraction of sp³-hybridized carbons (Fsp3) is 0.278. The molecule has 1 aliphatic rings. The van der Waals surface area contributed by atoms with E-state index in [0.717, 1.165) is 22.4 Å². The normalized spacial score (nSPS) is 13.1. The van der Waals surface area contributed by atoms with Crippen molar-refractivity contribution in [3.05, 3.63) is 58.9 Å². The van der Waals surface area contributed by atoms with Gasteiger partial charge < -0.3 is 14.2 Å². The highest BCUT2D eigenvalue weighted by Gasteiger charge is 2.18. The van der Waals surface area contributed by atoms with E-state index in [0.29, 0.717) is 29.8 Å². The van der Waals surface area contributed by atoms with Crippen LogP contribution in [0.3, 0.4) is 0 Å². The van der Waals surface area contributed by atoms with Crippen molar-refractivity contribution in [2.45, 2.75) is 24.1 Å². The first kappa shape index (κ1) is 17.7. The van der Waals surface area contributed by atoms with Gasteiger partial charge in [-0.1, -0.05) is 23.9 Å². The van der Waals surface area contributed by atoms with Crippen molar-refractivity contribution in [3.63, 3.8) is 0 Å². The van der Waals surface area contributed by atoms with Crippen LogP contribution in [0.5, 0.6) is 11.5 Å². The van der Waals surface area contributed by atoms with E-state index in [1.807, 2.05) is 24.3 Å². The van der Waals surface area contributed by atoms with Gasteiger partial charge in [0.2, 0.25) is 5.16 Å². The number of benzene rings is 2. The van der Waals surface area contributed by atoms with Gasteiger partial charge in [0, 0.05) is 16.9 Å². The van der Waals surface area contributed by atoms with Crippen LogP contribution >= 0.6 is 11.8 Å². The molecule has 1 aromatic heterocycles. The molecule has 0 saturated heterocycles. The highest BCUT2D eigenvalue weighted by Crippen LogP contribution is 2.33. The van der Waals surface area contributed by atoms with E-state index >= 15 is 0 Å². The maximum absolute atomic E-state index is 13.9. The van der Waals surface area contributed by atoms with E-state index in [-0.39, 0.29) is 12.6 Å². The molecule has 140 valence electrons. The smallest absolute Gasteiger partial charge is 0.209 e. The van der Waals surface area contributed by atoms with Crippen LogP contribution in [-0.4, -0.2) is 34.1 Å². The number of methoxy groups -OCH3 is 1. The summed E-state index contributed by atoms with van der Waals surface area (Å²) < 4.78 is 31.5. The molecule has 27 heavy (non-hydrogen) atoms. The number of ether oxygens (including phenoxy) is 3. The fourth-order valence-corrected chi connectivity index (χ4v) is 3.65. The van der Waals surface area contributed by atoms with Crippen LogP contribution in [0, 0.1) is 5.82 Å². The zero-order chi connectivity index (χ0) is 18.6. The van der Waals surface area contributed by atoms with E-state index in [2.05, 4.69) is 15.5 Å². The summed E-state index contributed by atoms with van der Waals surface area (Å²) in [7, 11) is 1.63. The summed E-state index contributed by atoms with van der Waals surface area (Å²) in [5, 5.41) is 12.5. The molecule has 0 saturated carbocycles. The first-order valence-corrected chi connectivity index (χ1v) is 9.25. The SMILES string of the molecule is COc1ccc(Cn2nnnc2SCc2cc(F)cc3c2OCOC3)cc1. The van der Waals surface area contributed by atoms with Gasteiger partial charge in [0.05, 0.1) is 20.3 Å². The number of halogens is 1. The van der Waals surface area contributed by atoms with Crippen LogP contribution < -0.4 is 9.47 Å². The molecule has 1 aliphatic heterocycles. The van der Waals surface area contributed by atoms with E-state index in [1.165, 1.54) is 23.9 Å². The number of nitrogens with zero attached hydrogens (tertiary/aromatic N) is 4. The summed E-state index contributed by atoms with van der Waals surface area (Å²) in [6, 6.07) is 10.6. The molecule has 2 aromatic carbocycles. The quantitative estimate of drug-likeness (QED) is 0.601. The van der Waals surface area contributed by atoms with Crippen LogP contribution in [0.25, 0.3) is 0 Å². The Bertz CT molecular complexity index is 933. The van der Waals surface area contributed by atoms with Crippen molar-refractivity contribution in [3.8, 4) is 11.5 Å². The molecule has 0 fully saturated rings. The Morgan fingerprint density at radius 2 is 2.11 bits per heavy atom. The Balaban J connectivity index is 1.48. The van der Waals surface area contributed by atoms with E-state index in [1.54, 1.807) is 11.8 Å². The molecule has 2 heterocycles. The lowest BCUT2D eigenvalue weighted by molar-refractivity contribution is -0.0171. The van der Waals surface area contributed by atoms with Crippen LogP contribution in [0.2, 0.25) is 0 Å². The highest BCUT2D eigenvalue weighted by molar-refractivity contribution is 7.98. The fourth-order valence-electron chi connectivity index (χ4n) is 2.81. The average Bonchev–Trinajstić information content (AvgIpc) is 3.13. The minimum Gasteiger partial charge on any atom is -0.497 e. The van der Waals surface area contributed by atoms with Crippen molar-refractivity contribution in [1.82, 2.24) is 20.2 Å². The number of hydrogen-bond donors (Lipinski definition) is 0. The molecule has 0 bridgehead atoms. The summed E-state index contributed by atoms with van der Waals surface area (Å²) in [6.07, 6.45) is 0. The number of aromatic nitrogens is 4. The van der Waals surface area contributed by atoms with Crippen molar-refractivity contribution in [1.29, 1.82) is 0 Å². The number of fused-ring (bicyclic) bond motifs is 1. The zero-order valence-corrected chi connectivity index (χ0v) is 15.4. The van der Waals surface area contributed by atoms with Gasteiger partial charge in [0.15, 0.2) is 6.79 Å². The molecular weight excluding hydrogens is 371 g/mol. The van der Waals surface area contributed by atoms with Gasteiger partial charge in [-0.25, -0.2) is 9.07 Å². The maximum Gasteiger partial charge on any atom is 0.209 e. The topological polar surface area (TPSA) is 71.3 Å². The number of thioether (sulfide) groups is 1. The minimum atomic E-state index is -0.309. The van der Waals surface area contributed by atoms with E-state index in [9.17, 15) is 4.39 Å². The Labute approximate surface area is 159 Å². The summed E-state index contributed by atoms with van der Waals surface area (Å²) >= 11 is 1.43. The van der Waals surface area contributed by atoms with Gasteiger partial charge in [-0.15, -0.1) is 5.10 Å². The van der Waals surface area contributed by atoms with Gasteiger partial charge in [-0.2, -0.15) is 0 Å². The monoisotopic (exact) mass is 388 g/mol. The zero-order valence-electron chi connectivity index (χ0n) is 14.6. The summed E-state index contributed by atoms with van der Waals surface area (Å²) in [4.78, 5) is 0. The third kappa shape index (κ3) is 4.04. The van der Waals surface area contributed by atoms with E-state index in [4.69, 9.17) is 14.2 Å². The van der Waals surface area contributed by atoms with Gasteiger partial charge in [0.25, 0.3) is 0 Å². The summed E-state index contributed by atoms with van der Waals surface area (Å²) in [5.74, 6) is 1.66. The third-order valence-corrected chi connectivity index (χ3v) is 5.10. The second-order valence-electron chi connectivity index (χ2n) is 5.92. The van der Waals surface area contributed by atoms with E-state index < -0.39 is 0 Å². The highest BCUT2D eigenvalue weighted by atomic mass is 32.2. The number of hydrogen-bond acceptors (Lipinski definition) is 7. The standard InChI is InChI=1S/C18H17FN4O3S/c1-24-16-4-2-12(3-5-16)8-23-18(20-21-22-23)27-10-14-7-15(19)6-13-9-25-11-26-17(13)14/h2-7H,8-11H2,1H3. The summed E-state index contributed by atoms with van der Waals surface area (Å²) in [5.41, 5.74) is 2.53. The van der Waals surface area contributed by atoms with Crippen molar-refractivity contribution in [2.24, 2.45) is 0 Å². The second-order valence-corrected chi connectivity index (χ2v) is 6.86. The lowest BCUT2D eigenvalue weighted by Gasteiger charge is -2.20. The molecule has 7 nitrogen and oxygen atoms in total. The van der Waals surface area contributed by atoms with Crippen molar-refractivity contribution < 1.29 is 18.6 Å². The van der Waals surface area contributed by atoms with Gasteiger partial charge in [-0.05, 0) is 40.3 Å². The first-order valence-electron chi connectivity index (χ1n) is 8.26. The van der Waals surface area contributed by atoms with Crippen molar-refractivity contribution in [2.75, 3.05) is 13.9 Å². The molecular formula is C18H17FN4O3S. The second kappa shape index (κ2) is 7.93. The Hall–Kier alpha value is -2.65. The lowest BCUT2D eigenvalue weighted by atomic mass is 10.1. The Morgan fingerprint density at radius 1 is 1.26 bits per heavy atom. The van der Waals surface area contributed by atoms with Crippen LogP contribution in [-0.2, 0) is 23.6 Å². The largest absolute Gasteiger partial charge is 0.497 e. The molecule has 0 aliphatic carbocycles. The van der Waals surface area contributed by atoms with Crippen LogP contribution in [0.15, 0.2) is 41.6 Å².